The number of nitriles is 1. The lowest BCUT2D eigenvalue weighted by molar-refractivity contribution is 0.180. The van der Waals surface area contributed by atoms with Crippen LogP contribution in [-0.4, -0.2) is 11.5 Å². The number of pyridine rings is 1. The molecule has 0 spiro atoms. The molecule has 0 amide bonds. The molecule has 1 aliphatic rings. The van der Waals surface area contributed by atoms with Crippen molar-refractivity contribution in [2.45, 2.75) is 26.2 Å². The van der Waals surface area contributed by atoms with Gasteiger partial charge < -0.3 is 5.32 Å². The van der Waals surface area contributed by atoms with Crippen LogP contribution in [0, 0.1) is 16.7 Å². The second-order valence-corrected chi connectivity index (χ2v) is 4.56. The second kappa shape index (κ2) is 3.90. The smallest absolute Gasteiger partial charge is 0.140 e. The van der Waals surface area contributed by atoms with Gasteiger partial charge in [-0.1, -0.05) is 13.3 Å². The Kier molecular flexibility index (Phi) is 2.59. The van der Waals surface area contributed by atoms with E-state index in [1.165, 1.54) is 19.3 Å². The summed E-state index contributed by atoms with van der Waals surface area (Å²) in [6.07, 6.45) is 5.69. The van der Waals surface area contributed by atoms with E-state index in [1.54, 1.807) is 12.3 Å². The van der Waals surface area contributed by atoms with Crippen molar-refractivity contribution in [3.05, 3.63) is 24.0 Å². The lowest BCUT2D eigenvalue weighted by Crippen LogP contribution is -2.33. The Hall–Kier alpha value is -1.56. The zero-order valence-corrected chi connectivity index (χ0v) is 8.95. The predicted molar refractivity (Wildman–Crippen MR) is 59.4 cm³/mol. The molecule has 3 heteroatoms. The molecule has 1 fully saturated rings. The van der Waals surface area contributed by atoms with E-state index >= 15 is 0 Å². The zero-order valence-electron chi connectivity index (χ0n) is 8.95. The third-order valence-electron chi connectivity index (χ3n) is 3.16. The van der Waals surface area contributed by atoms with Crippen LogP contribution in [-0.2, 0) is 0 Å². The van der Waals surface area contributed by atoms with Crippen molar-refractivity contribution in [3.63, 3.8) is 0 Å². The molecule has 1 heterocycles. The van der Waals surface area contributed by atoms with Crippen LogP contribution in [0.25, 0.3) is 0 Å². The van der Waals surface area contributed by atoms with Crippen molar-refractivity contribution in [2.75, 3.05) is 11.9 Å². The lowest BCUT2D eigenvalue weighted by atomic mass is 9.70. The average Bonchev–Trinajstić information content (AvgIpc) is 2.24. The van der Waals surface area contributed by atoms with Gasteiger partial charge in [-0.05, 0) is 30.4 Å². The highest BCUT2D eigenvalue weighted by molar-refractivity contribution is 5.42. The molecule has 1 saturated carbocycles. The molecule has 0 bridgehead atoms. The van der Waals surface area contributed by atoms with E-state index in [0.29, 0.717) is 11.1 Å². The van der Waals surface area contributed by atoms with Gasteiger partial charge in [0.25, 0.3) is 0 Å². The van der Waals surface area contributed by atoms with E-state index in [9.17, 15) is 0 Å². The van der Waals surface area contributed by atoms with Gasteiger partial charge >= 0.3 is 0 Å². The van der Waals surface area contributed by atoms with Crippen molar-refractivity contribution >= 4 is 5.69 Å². The van der Waals surface area contributed by atoms with Gasteiger partial charge in [-0.25, -0.2) is 4.98 Å². The number of nitrogens with zero attached hydrogens (tertiary/aromatic N) is 2. The summed E-state index contributed by atoms with van der Waals surface area (Å²) in [4.78, 5) is 4.02. The Bertz CT molecular complexity index is 371. The molecule has 1 N–H and O–H groups in total. The number of rotatable bonds is 3. The summed E-state index contributed by atoms with van der Waals surface area (Å²) in [5.41, 5.74) is 1.94. The molecule has 1 aromatic rings. The van der Waals surface area contributed by atoms with Crippen LogP contribution >= 0.6 is 0 Å². The Morgan fingerprint density at radius 3 is 2.80 bits per heavy atom. The minimum absolute atomic E-state index is 0.466. The van der Waals surface area contributed by atoms with Gasteiger partial charge in [0, 0.05) is 6.54 Å². The van der Waals surface area contributed by atoms with Gasteiger partial charge in [-0.3, -0.25) is 0 Å². The number of nitrogens with one attached hydrogen (secondary N) is 1. The van der Waals surface area contributed by atoms with Gasteiger partial charge in [0.1, 0.15) is 11.8 Å². The molecule has 0 unspecified atom stereocenters. The third-order valence-corrected chi connectivity index (χ3v) is 3.16. The van der Waals surface area contributed by atoms with Crippen molar-refractivity contribution in [2.24, 2.45) is 5.41 Å². The Morgan fingerprint density at radius 1 is 1.53 bits per heavy atom. The van der Waals surface area contributed by atoms with Gasteiger partial charge in [-0.2, -0.15) is 5.26 Å². The van der Waals surface area contributed by atoms with Crippen LogP contribution in [0.1, 0.15) is 31.9 Å². The fraction of sp³-hybridized carbons (Fsp3) is 0.500. The van der Waals surface area contributed by atoms with E-state index in [4.69, 9.17) is 5.26 Å². The largest absolute Gasteiger partial charge is 0.383 e. The molecule has 0 atom stereocenters. The minimum Gasteiger partial charge on any atom is -0.383 e. The van der Waals surface area contributed by atoms with Gasteiger partial charge in [0.05, 0.1) is 11.9 Å². The van der Waals surface area contributed by atoms with E-state index in [1.807, 2.05) is 12.1 Å². The summed E-state index contributed by atoms with van der Waals surface area (Å²) in [5.74, 6) is 0. The fourth-order valence-corrected chi connectivity index (χ4v) is 1.84. The van der Waals surface area contributed by atoms with Crippen molar-refractivity contribution < 1.29 is 0 Å². The monoisotopic (exact) mass is 201 g/mol. The summed E-state index contributed by atoms with van der Waals surface area (Å²) in [5, 5.41) is 12.0. The van der Waals surface area contributed by atoms with Crippen LogP contribution < -0.4 is 5.32 Å². The first-order valence-corrected chi connectivity index (χ1v) is 5.32. The normalized spacial score (nSPS) is 17.6. The molecule has 1 aromatic heterocycles. The molecule has 2 rings (SSSR count). The summed E-state index contributed by atoms with van der Waals surface area (Å²) in [7, 11) is 0. The molecule has 3 nitrogen and oxygen atoms in total. The Balaban J connectivity index is 1.91. The Morgan fingerprint density at radius 2 is 2.33 bits per heavy atom. The molecule has 78 valence electrons. The SMILES string of the molecule is CC1(CNc2ccc(C#N)nc2)CCC1. The number of hydrogen-bond donors (Lipinski definition) is 1. The number of hydrogen-bond acceptors (Lipinski definition) is 3. The first kappa shape index (κ1) is 9.97. The summed E-state index contributed by atoms with van der Waals surface area (Å²) in [6, 6.07) is 5.66. The second-order valence-electron chi connectivity index (χ2n) is 4.56. The highest BCUT2D eigenvalue weighted by atomic mass is 14.9. The highest BCUT2D eigenvalue weighted by Crippen LogP contribution is 2.40. The quantitative estimate of drug-likeness (QED) is 0.817. The van der Waals surface area contributed by atoms with Gasteiger partial charge in [0.15, 0.2) is 0 Å². The van der Waals surface area contributed by atoms with Crippen LogP contribution in [0.5, 0.6) is 0 Å². The van der Waals surface area contributed by atoms with Crippen LogP contribution in [0.3, 0.4) is 0 Å². The molecule has 1 aliphatic carbocycles. The van der Waals surface area contributed by atoms with Gasteiger partial charge in [0.2, 0.25) is 0 Å². The molecular weight excluding hydrogens is 186 g/mol. The summed E-state index contributed by atoms with van der Waals surface area (Å²) in [6.45, 7) is 3.31. The van der Waals surface area contributed by atoms with Crippen molar-refractivity contribution in [3.8, 4) is 6.07 Å². The van der Waals surface area contributed by atoms with Crippen LogP contribution in [0.4, 0.5) is 5.69 Å². The predicted octanol–water partition coefficient (Wildman–Crippen LogP) is 2.56. The molecule has 15 heavy (non-hydrogen) atoms. The van der Waals surface area contributed by atoms with E-state index in [0.717, 1.165) is 12.2 Å². The Labute approximate surface area is 90.1 Å². The topological polar surface area (TPSA) is 48.7 Å². The molecule has 0 aromatic carbocycles. The van der Waals surface area contributed by atoms with Gasteiger partial charge in [-0.15, -0.1) is 0 Å². The number of aromatic nitrogens is 1. The molecule has 0 aliphatic heterocycles. The molecule has 0 radical (unpaired) electrons. The summed E-state index contributed by atoms with van der Waals surface area (Å²) >= 11 is 0. The van der Waals surface area contributed by atoms with E-state index in [-0.39, 0.29) is 0 Å². The first-order chi connectivity index (χ1) is 7.22. The maximum Gasteiger partial charge on any atom is 0.140 e. The van der Waals surface area contributed by atoms with E-state index < -0.39 is 0 Å². The highest BCUT2D eigenvalue weighted by Gasteiger charge is 2.31. The average molecular weight is 201 g/mol. The number of anilines is 1. The molecule has 0 saturated heterocycles. The molecular formula is C12H15N3. The standard InChI is InChI=1S/C12H15N3/c1-12(5-2-6-12)9-15-11-4-3-10(7-13)14-8-11/h3-4,8,15H,2,5-6,9H2,1H3. The lowest BCUT2D eigenvalue weighted by Gasteiger charge is -2.38. The first-order valence-electron chi connectivity index (χ1n) is 5.32. The van der Waals surface area contributed by atoms with Crippen LogP contribution in [0.15, 0.2) is 18.3 Å². The zero-order chi connectivity index (χ0) is 10.7. The summed E-state index contributed by atoms with van der Waals surface area (Å²) < 4.78 is 0. The maximum absolute atomic E-state index is 8.60. The fourth-order valence-electron chi connectivity index (χ4n) is 1.84. The maximum atomic E-state index is 8.60. The van der Waals surface area contributed by atoms with Crippen molar-refractivity contribution in [1.82, 2.24) is 4.98 Å². The minimum atomic E-state index is 0.466. The van der Waals surface area contributed by atoms with Crippen molar-refractivity contribution in [1.29, 1.82) is 5.26 Å². The van der Waals surface area contributed by atoms with E-state index in [2.05, 4.69) is 17.2 Å². The third kappa shape index (κ3) is 2.27. The van der Waals surface area contributed by atoms with Crippen LogP contribution in [0.2, 0.25) is 0 Å².